The zero-order valence-corrected chi connectivity index (χ0v) is 22.1. The van der Waals surface area contributed by atoms with Gasteiger partial charge in [0.1, 0.15) is 6.04 Å². The van der Waals surface area contributed by atoms with Gasteiger partial charge in [0, 0.05) is 49.9 Å². The van der Waals surface area contributed by atoms with Crippen molar-refractivity contribution in [1.82, 2.24) is 20.0 Å². The van der Waals surface area contributed by atoms with Crippen molar-refractivity contribution in [2.45, 2.75) is 76.0 Å². The molecule has 5 amide bonds. The number of carbonyl (C=O) groups is 3. The second-order valence-electron chi connectivity index (χ2n) is 11.6. The molecule has 0 radical (unpaired) electrons. The van der Waals surface area contributed by atoms with Crippen LogP contribution in [0, 0.1) is 11.8 Å². The first-order valence-corrected chi connectivity index (χ1v) is 14.4. The summed E-state index contributed by atoms with van der Waals surface area (Å²) in [5.41, 5.74) is 2.00. The molecule has 2 saturated heterocycles. The van der Waals surface area contributed by atoms with E-state index in [1.807, 2.05) is 34.1 Å². The zero-order valence-electron chi connectivity index (χ0n) is 22.1. The van der Waals surface area contributed by atoms with Gasteiger partial charge in [0.25, 0.3) is 0 Å². The number of fused-ring (bicyclic) bond motifs is 1. The molecule has 2 N–H and O–H groups in total. The zero-order chi connectivity index (χ0) is 26.1. The summed E-state index contributed by atoms with van der Waals surface area (Å²) in [4.78, 5) is 45.6. The molecule has 3 fully saturated rings. The third-order valence-electron chi connectivity index (χ3n) is 8.98. The number of benzene rings is 1. The largest absolute Gasteiger partial charge is 0.337 e. The van der Waals surface area contributed by atoms with Crippen LogP contribution >= 0.6 is 0 Å². The maximum Gasteiger partial charge on any atom is 0.322 e. The van der Waals surface area contributed by atoms with Gasteiger partial charge in [0.2, 0.25) is 5.91 Å². The second kappa shape index (κ2) is 10.8. The predicted molar refractivity (Wildman–Crippen MR) is 146 cm³/mol. The highest BCUT2D eigenvalue weighted by Gasteiger charge is 2.40. The van der Waals surface area contributed by atoms with Crippen molar-refractivity contribution in [2.75, 3.05) is 25.0 Å². The minimum atomic E-state index is -0.462. The number of hydrogen-bond acceptors (Lipinski definition) is 3. The molecule has 8 nitrogen and oxygen atoms in total. The topological polar surface area (TPSA) is 85.0 Å². The number of hydrogen-bond donors (Lipinski definition) is 2. The molecule has 1 saturated carbocycles. The van der Waals surface area contributed by atoms with Gasteiger partial charge in [-0.05, 0) is 68.9 Å². The third-order valence-corrected chi connectivity index (χ3v) is 8.98. The van der Waals surface area contributed by atoms with Crippen LogP contribution in [-0.4, -0.2) is 70.4 Å². The standard InChI is InChI=1S/C30H39N5O3/c36-28-26(11-6-12-27(22-7-2-1-3-8-22)35(28)19-21-13-14-21)32-29(37)33-17-15-24(16-18-33)34-20-23-9-4-5-10-25(23)31-30(34)38/h1-5,7,9-10,21-22,24,26-27H,6,8,11-20H2,(H,31,38)(H,32,37)/t22?,26-,27-/m1/s1. The fourth-order valence-electron chi connectivity index (χ4n) is 6.58. The second-order valence-corrected chi connectivity index (χ2v) is 11.6. The van der Waals surface area contributed by atoms with Crippen LogP contribution < -0.4 is 10.6 Å². The number of nitrogens with zero attached hydrogens (tertiary/aromatic N) is 3. The van der Waals surface area contributed by atoms with Gasteiger partial charge < -0.3 is 25.3 Å². The van der Waals surface area contributed by atoms with Crippen molar-refractivity contribution >= 4 is 23.7 Å². The van der Waals surface area contributed by atoms with Crippen molar-refractivity contribution < 1.29 is 14.4 Å². The van der Waals surface area contributed by atoms with Gasteiger partial charge in [-0.3, -0.25) is 4.79 Å². The van der Waals surface area contributed by atoms with E-state index in [1.165, 1.54) is 12.8 Å². The molecule has 3 aliphatic heterocycles. The number of amides is 5. The predicted octanol–water partition coefficient (Wildman–Crippen LogP) is 4.50. The van der Waals surface area contributed by atoms with Gasteiger partial charge in [-0.15, -0.1) is 0 Å². The molecule has 0 aromatic heterocycles. The fraction of sp³-hybridized carbons (Fsp3) is 0.567. The molecule has 3 heterocycles. The summed E-state index contributed by atoms with van der Waals surface area (Å²) < 4.78 is 0. The molecule has 1 aromatic rings. The number of allylic oxidation sites excluding steroid dienone is 3. The van der Waals surface area contributed by atoms with E-state index in [9.17, 15) is 14.4 Å². The summed E-state index contributed by atoms with van der Waals surface area (Å²) in [6.07, 6.45) is 16.1. The molecule has 1 aromatic carbocycles. The molecular formula is C30H39N5O3. The fourth-order valence-corrected chi connectivity index (χ4v) is 6.58. The molecule has 8 heteroatoms. The van der Waals surface area contributed by atoms with Crippen molar-refractivity contribution in [3.05, 3.63) is 54.1 Å². The van der Waals surface area contributed by atoms with Crippen LogP contribution in [0.5, 0.6) is 0 Å². The van der Waals surface area contributed by atoms with E-state index in [4.69, 9.17) is 0 Å². The van der Waals surface area contributed by atoms with Gasteiger partial charge in [-0.1, -0.05) is 42.5 Å². The van der Waals surface area contributed by atoms with Crippen molar-refractivity contribution in [2.24, 2.45) is 11.8 Å². The number of likely N-dealkylation sites (tertiary alicyclic amines) is 2. The maximum absolute atomic E-state index is 13.8. The minimum Gasteiger partial charge on any atom is -0.337 e. The van der Waals surface area contributed by atoms with E-state index in [0.29, 0.717) is 37.9 Å². The van der Waals surface area contributed by atoms with Crippen LogP contribution in [0.4, 0.5) is 15.3 Å². The van der Waals surface area contributed by atoms with Gasteiger partial charge in [0.15, 0.2) is 0 Å². The van der Waals surface area contributed by atoms with Crippen LogP contribution in [0.15, 0.2) is 48.6 Å². The van der Waals surface area contributed by atoms with Gasteiger partial charge in [0.05, 0.1) is 0 Å². The molecule has 38 heavy (non-hydrogen) atoms. The number of carbonyl (C=O) groups excluding carboxylic acids is 3. The Kier molecular flexibility index (Phi) is 7.13. The van der Waals surface area contributed by atoms with Crippen molar-refractivity contribution in [3.8, 4) is 0 Å². The quantitative estimate of drug-likeness (QED) is 0.603. The highest BCUT2D eigenvalue weighted by Crippen LogP contribution is 2.35. The van der Waals surface area contributed by atoms with Gasteiger partial charge in [-0.25, -0.2) is 9.59 Å². The molecule has 5 aliphatic rings. The number of anilines is 1. The van der Waals surface area contributed by atoms with Crippen LogP contribution in [0.3, 0.4) is 0 Å². The van der Waals surface area contributed by atoms with Crippen LogP contribution in [0.2, 0.25) is 0 Å². The van der Waals surface area contributed by atoms with E-state index in [-0.39, 0.29) is 30.1 Å². The Bertz CT molecular complexity index is 1120. The van der Waals surface area contributed by atoms with E-state index in [0.717, 1.165) is 49.9 Å². The molecular weight excluding hydrogens is 478 g/mol. The summed E-state index contributed by atoms with van der Waals surface area (Å²) in [6, 6.07) is 7.53. The Morgan fingerprint density at radius 3 is 2.58 bits per heavy atom. The molecule has 6 rings (SSSR count). The van der Waals surface area contributed by atoms with Crippen LogP contribution in [-0.2, 0) is 11.3 Å². The smallest absolute Gasteiger partial charge is 0.322 e. The van der Waals surface area contributed by atoms with E-state index >= 15 is 0 Å². The van der Waals surface area contributed by atoms with Crippen LogP contribution in [0.25, 0.3) is 0 Å². The van der Waals surface area contributed by atoms with Crippen LogP contribution in [0.1, 0.15) is 56.9 Å². The summed E-state index contributed by atoms with van der Waals surface area (Å²) in [5, 5.41) is 6.11. The minimum absolute atomic E-state index is 0.0655. The molecule has 2 aliphatic carbocycles. The molecule has 0 bridgehead atoms. The number of nitrogens with one attached hydrogen (secondary N) is 2. The number of para-hydroxylation sites is 1. The highest BCUT2D eigenvalue weighted by atomic mass is 16.2. The number of rotatable bonds is 5. The van der Waals surface area contributed by atoms with E-state index < -0.39 is 6.04 Å². The molecule has 3 atom stereocenters. The van der Waals surface area contributed by atoms with Gasteiger partial charge in [-0.2, -0.15) is 0 Å². The first kappa shape index (κ1) is 25.0. The molecule has 202 valence electrons. The number of urea groups is 2. The summed E-state index contributed by atoms with van der Waals surface area (Å²) in [7, 11) is 0. The lowest BCUT2D eigenvalue weighted by Crippen LogP contribution is -2.56. The Labute approximate surface area is 225 Å². The maximum atomic E-state index is 13.8. The first-order valence-electron chi connectivity index (χ1n) is 14.4. The lowest BCUT2D eigenvalue weighted by Gasteiger charge is -2.41. The van der Waals surface area contributed by atoms with Gasteiger partial charge >= 0.3 is 12.1 Å². The first-order chi connectivity index (χ1) is 18.6. The summed E-state index contributed by atoms with van der Waals surface area (Å²) >= 11 is 0. The third kappa shape index (κ3) is 5.31. The summed E-state index contributed by atoms with van der Waals surface area (Å²) in [5.74, 6) is 1.06. The SMILES string of the molecule is O=C(N[C@@H]1CCC[C@H](C2C=CC=CC2)N(CC2CC2)C1=O)N1CCC(N2Cc3ccccc3NC2=O)CC1. The Hall–Kier alpha value is -3.29. The number of piperidine rings is 1. The van der Waals surface area contributed by atoms with Crippen molar-refractivity contribution in [1.29, 1.82) is 0 Å². The average molecular weight is 518 g/mol. The summed E-state index contributed by atoms with van der Waals surface area (Å²) in [6.45, 7) is 2.57. The Morgan fingerprint density at radius 2 is 1.82 bits per heavy atom. The van der Waals surface area contributed by atoms with E-state index in [1.54, 1.807) is 0 Å². The van der Waals surface area contributed by atoms with Crippen molar-refractivity contribution in [3.63, 3.8) is 0 Å². The molecule has 1 unspecified atom stereocenters. The normalized spacial score (nSPS) is 28.1. The lowest BCUT2D eigenvalue weighted by molar-refractivity contribution is -0.136. The monoisotopic (exact) mass is 517 g/mol. The molecule has 0 spiro atoms. The lowest BCUT2D eigenvalue weighted by atomic mass is 9.89. The Balaban J connectivity index is 1.06. The van der Waals surface area contributed by atoms with E-state index in [2.05, 4.69) is 39.8 Å². The average Bonchev–Trinajstić information content (AvgIpc) is 3.79. The Morgan fingerprint density at radius 1 is 1.00 bits per heavy atom. The highest BCUT2D eigenvalue weighted by molar-refractivity contribution is 5.92.